The molecule has 2 amide bonds. The van der Waals surface area contributed by atoms with E-state index in [4.69, 9.17) is 4.74 Å². The molecule has 0 bridgehead atoms. The lowest BCUT2D eigenvalue weighted by molar-refractivity contribution is -0.116. The van der Waals surface area contributed by atoms with E-state index >= 15 is 0 Å². The van der Waals surface area contributed by atoms with Gasteiger partial charge in [0.15, 0.2) is 0 Å². The Balaban J connectivity index is 1.35. The Morgan fingerprint density at radius 3 is 2.75 bits per heavy atom. The largest absolute Gasteiger partial charge is 0.378 e. The van der Waals surface area contributed by atoms with E-state index in [0.29, 0.717) is 50.4 Å². The van der Waals surface area contributed by atoms with Gasteiger partial charge in [-0.3, -0.25) is 9.59 Å². The Hall–Kier alpha value is -2.77. The van der Waals surface area contributed by atoms with Crippen molar-refractivity contribution in [2.24, 2.45) is 0 Å². The Kier molecular flexibility index (Phi) is 5.64. The van der Waals surface area contributed by atoms with Crippen LogP contribution in [0.4, 0.5) is 5.69 Å². The number of ether oxygens (including phenoxy) is 1. The molecule has 28 heavy (non-hydrogen) atoms. The number of fused-ring (bicyclic) bond motifs is 1. The summed E-state index contributed by atoms with van der Waals surface area (Å²) in [5.41, 5.74) is 2.18. The molecule has 0 spiro atoms. The fourth-order valence-electron chi connectivity index (χ4n) is 3.15. The number of anilines is 1. The molecule has 1 fully saturated rings. The van der Waals surface area contributed by atoms with Crippen molar-refractivity contribution in [1.29, 1.82) is 0 Å². The van der Waals surface area contributed by atoms with Crippen LogP contribution in [0.5, 0.6) is 0 Å². The molecular weight excluding hydrogens is 374 g/mol. The van der Waals surface area contributed by atoms with Gasteiger partial charge in [-0.1, -0.05) is 18.2 Å². The number of nitrogens with zero attached hydrogens (tertiary/aromatic N) is 2. The number of hydrogen-bond acceptors (Lipinski definition) is 5. The predicted octanol–water partition coefficient (Wildman–Crippen LogP) is 3.34. The number of para-hydroxylation sites is 1. The van der Waals surface area contributed by atoms with E-state index in [9.17, 15) is 9.59 Å². The van der Waals surface area contributed by atoms with Crippen LogP contribution in [0.2, 0.25) is 0 Å². The summed E-state index contributed by atoms with van der Waals surface area (Å²) in [5, 5.41) is 3.84. The number of amides is 2. The van der Waals surface area contributed by atoms with E-state index in [0.717, 1.165) is 15.2 Å². The predicted molar refractivity (Wildman–Crippen MR) is 110 cm³/mol. The van der Waals surface area contributed by atoms with Gasteiger partial charge in [-0.05, 0) is 30.3 Å². The van der Waals surface area contributed by atoms with Crippen molar-refractivity contribution in [1.82, 2.24) is 9.88 Å². The third-order valence-corrected chi connectivity index (χ3v) is 5.69. The van der Waals surface area contributed by atoms with Crippen LogP contribution in [0.15, 0.2) is 48.5 Å². The van der Waals surface area contributed by atoms with Crippen LogP contribution in [0.1, 0.15) is 21.8 Å². The summed E-state index contributed by atoms with van der Waals surface area (Å²) in [6.07, 6.45) is 0.943. The van der Waals surface area contributed by atoms with Gasteiger partial charge in [-0.2, -0.15) is 0 Å². The molecule has 1 aromatic heterocycles. The molecule has 1 N–H and O–H groups in total. The molecule has 0 unspecified atom stereocenters. The van der Waals surface area contributed by atoms with Gasteiger partial charge in [-0.25, -0.2) is 4.98 Å². The number of carbonyl (C=O) groups is 2. The molecule has 3 aromatic rings. The van der Waals surface area contributed by atoms with E-state index in [1.54, 1.807) is 40.5 Å². The third-order valence-electron chi connectivity index (χ3n) is 4.60. The lowest BCUT2D eigenvalue weighted by Gasteiger charge is -2.27. The Bertz CT molecular complexity index is 962. The van der Waals surface area contributed by atoms with Crippen LogP contribution in [0.3, 0.4) is 0 Å². The molecule has 0 saturated carbocycles. The quantitative estimate of drug-likeness (QED) is 0.719. The zero-order chi connectivity index (χ0) is 19.3. The lowest BCUT2D eigenvalue weighted by Crippen LogP contribution is -2.40. The van der Waals surface area contributed by atoms with Crippen molar-refractivity contribution in [3.63, 3.8) is 0 Å². The number of hydrogen-bond donors (Lipinski definition) is 1. The summed E-state index contributed by atoms with van der Waals surface area (Å²) in [7, 11) is 0. The number of thiazole rings is 1. The van der Waals surface area contributed by atoms with Crippen LogP contribution in [-0.4, -0.2) is 48.0 Å². The number of nitrogens with one attached hydrogen (secondary N) is 1. The van der Waals surface area contributed by atoms with E-state index in [1.165, 1.54) is 0 Å². The number of morpholine rings is 1. The van der Waals surface area contributed by atoms with Gasteiger partial charge in [-0.15, -0.1) is 11.3 Å². The molecule has 1 aliphatic heterocycles. The second-order valence-electron chi connectivity index (χ2n) is 6.61. The van der Waals surface area contributed by atoms with Gasteiger partial charge in [0.05, 0.1) is 28.4 Å². The van der Waals surface area contributed by atoms with Crippen LogP contribution in [-0.2, 0) is 16.0 Å². The summed E-state index contributed by atoms with van der Waals surface area (Å²) in [6.45, 7) is 2.32. The summed E-state index contributed by atoms with van der Waals surface area (Å²) in [5.74, 6) is -0.121. The molecule has 6 nitrogen and oxygen atoms in total. The van der Waals surface area contributed by atoms with Gasteiger partial charge in [0, 0.05) is 37.2 Å². The Morgan fingerprint density at radius 1 is 1.11 bits per heavy atom. The maximum Gasteiger partial charge on any atom is 0.254 e. The molecule has 2 heterocycles. The fourth-order valence-corrected chi connectivity index (χ4v) is 4.12. The Morgan fingerprint density at radius 2 is 1.93 bits per heavy atom. The van der Waals surface area contributed by atoms with Gasteiger partial charge in [0.25, 0.3) is 5.91 Å². The second-order valence-corrected chi connectivity index (χ2v) is 7.72. The monoisotopic (exact) mass is 395 g/mol. The molecule has 7 heteroatoms. The van der Waals surface area contributed by atoms with Crippen molar-refractivity contribution in [2.75, 3.05) is 31.6 Å². The number of carbonyl (C=O) groups excluding carboxylic acids is 2. The first-order valence-corrected chi connectivity index (χ1v) is 10.1. The van der Waals surface area contributed by atoms with Crippen molar-refractivity contribution in [3.05, 3.63) is 59.1 Å². The van der Waals surface area contributed by atoms with Crippen LogP contribution < -0.4 is 5.32 Å². The lowest BCUT2D eigenvalue weighted by atomic mass is 10.1. The molecule has 0 radical (unpaired) electrons. The number of rotatable bonds is 5. The van der Waals surface area contributed by atoms with Crippen LogP contribution in [0.25, 0.3) is 10.2 Å². The third kappa shape index (κ3) is 4.37. The van der Waals surface area contributed by atoms with Crippen molar-refractivity contribution in [2.45, 2.75) is 12.8 Å². The molecule has 4 rings (SSSR count). The molecule has 2 aromatic carbocycles. The zero-order valence-corrected chi connectivity index (χ0v) is 16.2. The molecule has 1 saturated heterocycles. The smallest absolute Gasteiger partial charge is 0.254 e. The minimum atomic E-state index is -0.0878. The fraction of sp³-hybridized carbons (Fsp3) is 0.286. The van der Waals surface area contributed by atoms with Gasteiger partial charge < -0.3 is 15.0 Å². The van der Waals surface area contributed by atoms with E-state index in [2.05, 4.69) is 10.3 Å². The van der Waals surface area contributed by atoms with Gasteiger partial charge in [0.1, 0.15) is 0 Å². The SMILES string of the molecule is O=C(CCc1nc2ccccc2s1)Nc1cccc(C(=O)N2CCOCC2)c1. The summed E-state index contributed by atoms with van der Waals surface area (Å²) < 4.78 is 6.42. The molecule has 0 atom stereocenters. The minimum absolute atomic E-state index is 0.0334. The summed E-state index contributed by atoms with van der Waals surface area (Å²) in [6, 6.07) is 15.1. The highest BCUT2D eigenvalue weighted by Crippen LogP contribution is 2.22. The highest BCUT2D eigenvalue weighted by molar-refractivity contribution is 7.18. The van der Waals surface area contributed by atoms with E-state index in [-0.39, 0.29) is 11.8 Å². The minimum Gasteiger partial charge on any atom is -0.378 e. The first-order valence-electron chi connectivity index (χ1n) is 9.30. The number of aromatic nitrogens is 1. The second kappa shape index (κ2) is 8.50. The highest BCUT2D eigenvalue weighted by Gasteiger charge is 2.18. The maximum absolute atomic E-state index is 12.6. The normalized spacial score (nSPS) is 14.2. The molecule has 0 aliphatic carbocycles. The zero-order valence-electron chi connectivity index (χ0n) is 15.4. The maximum atomic E-state index is 12.6. The topological polar surface area (TPSA) is 71.5 Å². The summed E-state index contributed by atoms with van der Waals surface area (Å²) in [4.78, 5) is 31.3. The molecule has 144 valence electrons. The highest BCUT2D eigenvalue weighted by atomic mass is 32.1. The average Bonchev–Trinajstić information content (AvgIpc) is 3.16. The molecular formula is C21H21N3O3S. The standard InChI is InChI=1S/C21H21N3O3S/c25-19(8-9-20-23-17-6-1-2-7-18(17)28-20)22-16-5-3-4-15(14-16)21(26)24-10-12-27-13-11-24/h1-7,14H,8-13H2,(H,22,25). The Labute approximate surface area is 167 Å². The van der Waals surface area contributed by atoms with E-state index < -0.39 is 0 Å². The van der Waals surface area contributed by atoms with Crippen LogP contribution in [0, 0.1) is 0 Å². The first kappa shape index (κ1) is 18.6. The van der Waals surface area contributed by atoms with Gasteiger partial charge >= 0.3 is 0 Å². The number of aryl methyl sites for hydroxylation is 1. The van der Waals surface area contributed by atoms with E-state index in [1.807, 2.05) is 24.3 Å². The van der Waals surface area contributed by atoms with Crippen molar-refractivity contribution in [3.8, 4) is 0 Å². The van der Waals surface area contributed by atoms with Crippen LogP contribution >= 0.6 is 11.3 Å². The van der Waals surface area contributed by atoms with Crippen molar-refractivity contribution < 1.29 is 14.3 Å². The van der Waals surface area contributed by atoms with Gasteiger partial charge in [0.2, 0.25) is 5.91 Å². The number of benzene rings is 2. The summed E-state index contributed by atoms with van der Waals surface area (Å²) >= 11 is 1.62. The first-order chi connectivity index (χ1) is 13.7. The van der Waals surface area contributed by atoms with Crippen molar-refractivity contribution >= 4 is 39.1 Å². The molecule has 1 aliphatic rings. The average molecular weight is 395 g/mol.